The zero-order valence-corrected chi connectivity index (χ0v) is 17.7. The van der Waals surface area contributed by atoms with Crippen LogP contribution in [0.25, 0.3) is 0 Å². The Morgan fingerprint density at radius 3 is 2.36 bits per heavy atom. The van der Waals surface area contributed by atoms with E-state index in [9.17, 15) is 0 Å². The van der Waals surface area contributed by atoms with Gasteiger partial charge in [0.15, 0.2) is 32.1 Å². The van der Waals surface area contributed by atoms with Gasteiger partial charge in [-0.05, 0) is 32.0 Å². The van der Waals surface area contributed by atoms with Crippen LogP contribution in [0.15, 0.2) is 0 Å². The summed E-state index contributed by atoms with van der Waals surface area (Å²) >= 11 is 0. The molecule has 144 valence electrons. The first-order valence-electron chi connectivity index (χ1n) is 8.64. The van der Waals surface area contributed by atoms with Gasteiger partial charge in [-0.2, -0.15) is 0 Å². The van der Waals surface area contributed by atoms with E-state index in [0.717, 1.165) is 0 Å². The lowest BCUT2D eigenvalue weighted by molar-refractivity contribution is -0.239. The topological polar surface area (TPSA) is 55.4 Å². The lowest BCUT2D eigenvalue weighted by Crippen LogP contribution is -2.53. The molecular formula is C18H32O6Si. The third-order valence-corrected chi connectivity index (χ3v) is 9.80. The van der Waals surface area contributed by atoms with Crippen LogP contribution in [-0.2, 0) is 28.1 Å². The molecule has 0 saturated carbocycles. The summed E-state index contributed by atoms with van der Waals surface area (Å²) in [7, 11) is -0.410. The Balaban J connectivity index is 2.21. The molecule has 0 N–H and O–H groups in total. The van der Waals surface area contributed by atoms with Crippen molar-refractivity contribution in [2.45, 2.75) is 82.6 Å². The summed E-state index contributed by atoms with van der Waals surface area (Å²) in [4.78, 5) is 0. The summed E-state index contributed by atoms with van der Waals surface area (Å²) in [6.45, 7) is 15.0. The maximum atomic E-state index is 6.32. The van der Waals surface area contributed by atoms with Gasteiger partial charge in [-0.15, -0.1) is 6.42 Å². The molecule has 0 aromatic heterocycles. The van der Waals surface area contributed by atoms with E-state index in [1.807, 2.05) is 13.8 Å². The molecule has 25 heavy (non-hydrogen) atoms. The van der Waals surface area contributed by atoms with Crippen LogP contribution in [0.4, 0.5) is 0 Å². The molecule has 0 aromatic rings. The van der Waals surface area contributed by atoms with Gasteiger partial charge in [0.1, 0.15) is 12.9 Å². The predicted octanol–water partition coefficient (Wildman–Crippen LogP) is 2.88. The van der Waals surface area contributed by atoms with Crippen LogP contribution in [0.1, 0.15) is 34.6 Å². The number of terminal acetylenes is 1. The monoisotopic (exact) mass is 372 g/mol. The molecule has 0 amide bonds. The zero-order chi connectivity index (χ0) is 19.1. The summed E-state index contributed by atoms with van der Waals surface area (Å²) in [6, 6.07) is 0. The second-order valence-corrected chi connectivity index (χ2v) is 13.4. The highest BCUT2D eigenvalue weighted by Gasteiger charge is 2.64. The van der Waals surface area contributed by atoms with Gasteiger partial charge < -0.3 is 28.1 Å². The number of hydrogen-bond acceptors (Lipinski definition) is 6. The molecule has 6 nitrogen and oxygen atoms in total. The van der Waals surface area contributed by atoms with Crippen molar-refractivity contribution in [3.8, 4) is 12.3 Å². The highest BCUT2D eigenvalue weighted by atomic mass is 28.4. The molecule has 2 saturated heterocycles. The fourth-order valence-electron chi connectivity index (χ4n) is 2.78. The molecule has 4 atom stereocenters. The molecule has 2 aliphatic heterocycles. The molecule has 2 fully saturated rings. The van der Waals surface area contributed by atoms with Crippen LogP contribution in [0.2, 0.25) is 18.1 Å². The Hall–Kier alpha value is -0.463. The normalized spacial score (nSPS) is 34.8. The van der Waals surface area contributed by atoms with Crippen LogP contribution < -0.4 is 0 Å². The summed E-state index contributed by atoms with van der Waals surface area (Å²) in [5.74, 6) is 1.97. The average molecular weight is 373 g/mol. The molecule has 0 unspecified atom stereocenters. The molecule has 0 spiro atoms. The quantitative estimate of drug-likeness (QED) is 0.406. The largest absolute Gasteiger partial charge is 0.414 e. The molecule has 0 bridgehead atoms. The molecule has 0 aliphatic carbocycles. The maximum absolute atomic E-state index is 6.32. The highest BCUT2D eigenvalue weighted by Crippen LogP contribution is 2.45. The molecule has 2 aliphatic rings. The third-order valence-electron chi connectivity index (χ3n) is 5.30. The van der Waals surface area contributed by atoms with Crippen LogP contribution >= 0.6 is 0 Å². The van der Waals surface area contributed by atoms with Crippen LogP contribution in [0.5, 0.6) is 0 Å². The Bertz CT molecular complexity index is 521. The van der Waals surface area contributed by atoms with Gasteiger partial charge in [-0.1, -0.05) is 26.7 Å². The number of fused-ring (bicyclic) bond motifs is 1. The van der Waals surface area contributed by atoms with E-state index in [4.69, 9.17) is 34.5 Å². The second kappa shape index (κ2) is 6.93. The highest BCUT2D eigenvalue weighted by molar-refractivity contribution is 6.74. The lowest BCUT2D eigenvalue weighted by Gasteiger charge is -2.39. The van der Waals surface area contributed by atoms with E-state index in [1.54, 1.807) is 7.11 Å². The van der Waals surface area contributed by atoms with Crippen molar-refractivity contribution < 1.29 is 28.1 Å². The van der Waals surface area contributed by atoms with Gasteiger partial charge in [-0.25, -0.2) is 0 Å². The van der Waals surface area contributed by atoms with Crippen LogP contribution in [0.3, 0.4) is 0 Å². The number of rotatable bonds is 6. The van der Waals surface area contributed by atoms with Gasteiger partial charge in [0.05, 0.1) is 6.61 Å². The average Bonchev–Trinajstić information content (AvgIpc) is 2.92. The number of ether oxygens (including phenoxy) is 5. The minimum atomic E-state index is -1.96. The Labute approximate surface area is 152 Å². The fourth-order valence-corrected chi connectivity index (χ4v) is 3.78. The van der Waals surface area contributed by atoms with Gasteiger partial charge in [-0.3, -0.25) is 0 Å². The van der Waals surface area contributed by atoms with Crippen molar-refractivity contribution in [3.63, 3.8) is 0 Å². The van der Waals surface area contributed by atoms with Crippen LogP contribution in [-0.4, -0.2) is 58.7 Å². The van der Waals surface area contributed by atoms with E-state index in [-0.39, 0.29) is 11.8 Å². The second-order valence-electron chi connectivity index (χ2n) is 8.61. The van der Waals surface area contributed by atoms with E-state index in [0.29, 0.717) is 6.61 Å². The Kier molecular flexibility index (Phi) is 5.78. The minimum Gasteiger partial charge on any atom is -0.414 e. The van der Waals surface area contributed by atoms with Gasteiger partial charge >= 0.3 is 0 Å². The van der Waals surface area contributed by atoms with Gasteiger partial charge in [0, 0.05) is 7.11 Å². The Morgan fingerprint density at radius 2 is 1.84 bits per heavy atom. The van der Waals surface area contributed by atoms with Crippen molar-refractivity contribution in [2.75, 3.05) is 20.5 Å². The zero-order valence-electron chi connectivity index (χ0n) is 16.7. The van der Waals surface area contributed by atoms with E-state index in [1.165, 1.54) is 0 Å². The molecule has 0 aromatic carbocycles. The van der Waals surface area contributed by atoms with E-state index >= 15 is 0 Å². The summed E-state index contributed by atoms with van der Waals surface area (Å²) < 4.78 is 35.2. The van der Waals surface area contributed by atoms with Gasteiger partial charge in [0.2, 0.25) is 0 Å². The van der Waals surface area contributed by atoms with Crippen molar-refractivity contribution in [3.05, 3.63) is 0 Å². The summed E-state index contributed by atoms with van der Waals surface area (Å²) in [5, 5.41) is 0.0860. The van der Waals surface area contributed by atoms with Gasteiger partial charge in [0.25, 0.3) is 0 Å². The molecule has 7 heteroatoms. The molecular weight excluding hydrogens is 340 g/mol. The molecule has 2 heterocycles. The first kappa shape index (κ1) is 20.8. The Morgan fingerprint density at radius 1 is 1.20 bits per heavy atom. The summed E-state index contributed by atoms with van der Waals surface area (Å²) in [5.41, 5.74) is -1.11. The van der Waals surface area contributed by atoms with Crippen molar-refractivity contribution in [2.24, 2.45) is 0 Å². The minimum absolute atomic E-state index is 0.0389. The van der Waals surface area contributed by atoms with E-state index in [2.05, 4.69) is 39.8 Å². The van der Waals surface area contributed by atoms with Crippen LogP contribution in [0, 0.1) is 12.3 Å². The van der Waals surface area contributed by atoms with E-state index < -0.39 is 38.2 Å². The molecule has 0 radical (unpaired) electrons. The predicted molar refractivity (Wildman–Crippen MR) is 96.4 cm³/mol. The van der Waals surface area contributed by atoms with Crippen molar-refractivity contribution >= 4 is 8.32 Å². The maximum Gasteiger partial charge on any atom is 0.192 e. The number of methoxy groups -OCH3 is 1. The first-order chi connectivity index (χ1) is 11.4. The van der Waals surface area contributed by atoms with Crippen molar-refractivity contribution in [1.82, 2.24) is 0 Å². The lowest BCUT2D eigenvalue weighted by atomic mass is 9.93. The fraction of sp³-hybridized carbons (Fsp3) is 0.889. The summed E-state index contributed by atoms with van der Waals surface area (Å²) in [6.07, 6.45) is 4.27. The first-order valence-corrected chi connectivity index (χ1v) is 11.5. The molecule has 2 rings (SSSR count). The SMILES string of the molecule is C#C[C@@]1(OCOC)[C@@H](CO[Si](C)(C)C(C)(C)C)O[C@@H]2OC(C)(C)O[C@@H]21. The van der Waals surface area contributed by atoms with Crippen molar-refractivity contribution in [1.29, 1.82) is 0 Å². The standard InChI is InChI=1S/C18H32O6Si/c1-10-18(20-12-19-7)13(11-21-25(8,9)16(2,3)4)22-15-14(18)23-17(5,6)24-15/h1,13-15H,11-12H2,2-9H3/t13-,14+,15-,18-/m1/s1. The third kappa shape index (κ3) is 3.96. The smallest absolute Gasteiger partial charge is 0.192 e. The number of hydrogen-bond donors (Lipinski definition) is 0.